The first-order valence-corrected chi connectivity index (χ1v) is 4.80. The Balaban J connectivity index is 2.33. The largest absolute Gasteiger partial charge is 0.397 e. The number of H-pyrrole nitrogens is 1. The third-order valence-corrected chi connectivity index (χ3v) is 2.49. The van der Waals surface area contributed by atoms with Crippen molar-refractivity contribution in [2.75, 3.05) is 5.73 Å². The smallest absolute Gasteiger partial charge is 0.189 e. The van der Waals surface area contributed by atoms with E-state index in [4.69, 9.17) is 11.0 Å². The lowest BCUT2D eigenvalue weighted by atomic mass is 10.3. The maximum Gasteiger partial charge on any atom is 0.189 e. The van der Waals surface area contributed by atoms with E-state index >= 15 is 0 Å². The quantitative estimate of drug-likeness (QED) is 0.772. The van der Waals surface area contributed by atoms with Crippen molar-refractivity contribution < 1.29 is 0 Å². The summed E-state index contributed by atoms with van der Waals surface area (Å²) in [6, 6.07) is 3.60. The minimum Gasteiger partial charge on any atom is -0.397 e. The van der Waals surface area contributed by atoms with Gasteiger partial charge in [-0.05, 0) is 17.8 Å². The van der Waals surface area contributed by atoms with Gasteiger partial charge in [-0.1, -0.05) is 0 Å². The van der Waals surface area contributed by atoms with Gasteiger partial charge < -0.3 is 5.73 Å². The van der Waals surface area contributed by atoms with Crippen molar-refractivity contribution in [3.63, 3.8) is 0 Å². The zero-order valence-electron chi connectivity index (χ0n) is 7.51. The summed E-state index contributed by atoms with van der Waals surface area (Å²) in [5.74, 6) is 0. The number of hydrogen-bond acceptors (Lipinski definition) is 6. The second kappa shape index (κ2) is 3.98. The monoisotopic (exact) mass is 218 g/mol. The Morgan fingerprint density at radius 2 is 2.33 bits per heavy atom. The predicted molar refractivity (Wildman–Crippen MR) is 53.9 cm³/mol. The zero-order chi connectivity index (χ0) is 10.7. The van der Waals surface area contributed by atoms with Gasteiger partial charge in [-0.25, -0.2) is 9.97 Å². The van der Waals surface area contributed by atoms with Crippen LogP contribution in [0.15, 0.2) is 28.8 Å². The highest BCUT2D eigenvalue weighted by atomic mass is 32.2. The molecule has 0 saturated carbocycles. The van der Waals surface area contributed by atoms with Crippen molar-refractivity contribution in [2.45, 2.75) is 10.2 Å². The molecule has 0 radical (unpaired) electrons. The van der Waals surface area contributed by atoms with E-state index in [2.05, 4.69) is 20.2 Å². The topological polar surface area (TPSA) is 104 Å². The molecule has 0 bridgehead atoms. The van der Waals surface area contributed by atoms with Crippen LogP contribution in [-0.2, 0) is 0 Å². The van der Waals surface area contributed by atoms with E-state index < -0.39 is 0 Å². The number of nitrogen functional groups attached to an aromatic ring is 1. The van der Waals surface area contributed by atoms with Crippen LogP contribution in [-0.4, -0.2) is 20.2 Å². The first kappa shape index (κ1) is 9.48. The summed E-state index contributed by atoms with van der Waals surface area (Å²) in [6.45, 7) is 0. The van der Waals surface area contributed by atoms with Crippen molar-refractivity contribution in [3.05, 3.63) is 24.2 Å². The van der Waals surface area contributed by atoms with E-state index in [1.54, 1.807) is 6.07 Å². The lowest BCUT2D eigenvalue weighted by Crippen LogP contribution is -1.92. The van der Waals surface area contributed by atoms with Crippen LogP contribution in [0.2, 0.25) is 0 Å². The van der Waals surface area contributed by atoms with Crippen LogP contribution in [0, 0.1) is 11.3 Å². The molecule has 2 aromatic heterocycles. The fraction of sp³-hybridized carbons (Fsp3) is 0. The molecule has 15 heavy (non-hydrogen) atoms. The average Bonchev–Trinajstić information content (AvgIpc) is 2.73. The van der Waals surface area contributed by atoms with E-state index in [9.17, 15) is 0 Å². The van der Waals surface area contributed by atoms with Crippen molar-refractivity contribution in [1.29, 1.82) is 5.26 Å². The van der Waals surface area contributed by atoms with Crippen LogP contribution in [0.5, 0.6) is 0 Å². The minimum absolute atomic E-state index is 0.427. The molecule has 6 nitrogen and oxygen atoms in total. The molecule has 2 rings (SSSR count). The Hall–Kier alpha value is -2.07. The van der Waals surface area contributed by atoms with Crippen LogP contribution in [0.4, 0.5) is 5.69 Å². The second-order valence-corrected chi connectivity index (χ2v) is 3.60. The molecular weight excluding hydrogens is 212 g/mol. The molecule has 0 aliphatic rings. The standard InChI is InChI=1S/C8H6N6S/c9-2-5-1-6(10)3-11-7(5)15-8-12-4-13-14-8/h1,3-4H,10H2,(H,12,13,14). The highest BCUT2D eigenvalue weighted by Crippen LogP contribution is 2.25. The van der Waals surface area contributed by atoms with Gasteiger partial charge in [0.15, 0.2) is 5.16 Å². The third kappa shape index (κ3) is 2.05. The summed E-state index contributed by atoms with van der Waals surface area (Å²) in [5.41, 5.74) is 6.41. The van der Waals surface area contributed by atoms with E-state index in [0.29, 0.717) is 21.4 Å². The summed E-state index contributed by atoms with van der Waals surface area (Å²) in [5, 5.41) is 16.4. The molecule has 0 aliphatic carbocycles. The molecule has 0 saturated heterocycles. The number of rotatable bonds is 2. The summed E-state index contributed by atoms with van der Waals surface area (Å²) >= 11 is 1.24. The van der Waals surface area contributed by atoms with E-state index in [1.165, 1.54) is 24.3 Å². The summed E-state index contributed by atoms with van der Waals surface area (Å²) in [7, 11) is 0. The molecule has 0 amide bonds. The first-order chi connectivity index (χ1) is 7.29. The Bertz CT molecular complexity index is 500. The van der Waals surface area contributed by atoms with Gasteiger partial charge in [-0.15, -0.1) is 0 Å². The van der Waals surface area contributed by atoms with Crippen LogP contribution in [0.25, 0.3) is 0 Å². The molecule has 0 atom stereocenters. The van der Waals surface area contributed by atoms with Crippen LogP contribution in [0.1, 0.15) is 5.56 Å². The Morgan fingerprint density at radius 1 is 1.47 bits per heavy atom. The van der Waals surface area contributed by atoms with Crippen molar-refractivity contribution in [1.82, 2.24) is 20.2 Å². The maximum atomic E-state index is 8.87. The molecule has 7 heteroatoms. The average molecular weight is 218 g/mol. The number of nitrogens with zero attached hydrogens (tertiary/aromatic N) is 4. The zero-order valence-corrected chi connectivity index (χ0v) is 8.32. The second-order valence-electron chi connectivity index (χ2n) is 2.63. The van der Waals surface area contributed by atoms with Gasteiger partial charge in [-0.2, -0.15) is 10.4 Å². The van der Waals surface area contributed by atoms with Gasteiger partial charge in [0.2, 0.25) is 0 Å². The number of anilines is 1. The molecule has 0 spiro atoms. The molecule has 2 heterocycles. The van der Waals surface area contributed by atoms with Gasteiger partial charge in [-0.3, -0.25) is 5.10 Å². The molecule has 74 valence electrons. The van der Waals surface area contributed by atoms with Crippen molar-refractivity contribution in [3.8, 4) is 6.07 Å². The Labute approximate surface area is 89.5 Å². The number of hydrogen-bond donors (Lipinski definition) is 2. The number of nitrogens with two attached hydrogens (primary N) is 1. The van der Waals surface area contributed by atoms with Crippen molar-refractivity contribution >= 4 is 17.4 Å². The highest BCUT2D eigenvalue weighted by molar-refractivity contribution is 7.99. The van der Waals surface area contributed by atoms with Gasteiger partial charge in [0.1, 0.15) is 17.4 Å². The molecule has 0 unspecified atom stereocenters. The fourth-order valence-electron chi connectivity index (χ4n) is 0.965. The lowest BCUT2D eigenvalue weighted by Gasteiger charge is -2.00. The lowest BCUT2D eigenvalue weighted by molar-refractivity contribution is 0.966. The normalized spacial score (nSPS) is 9.80. The summed E-state index contributed by atoms with van der Waals surface area (Å²) in [4.78, 5) is 7.98. The fourth-order valence-corrected chi connectivity index (χ4v) is 1.67. The van der Waals surface area contributed by atoms with Gasteiger partial charge >= 0.3 is 0 Å². The van der Waals surface area contributed by atoms with Crippen molar-refractivity contribution in [2.24, 2.45) is 0 Å². The SMILES string of the molecule is N#Cc1cc(N)cnc1Sc1ncn[nH]1. The predicted octanol–water partition coefficient (Wildman–Crippen LogP) is 0.805. The Morgan fingerprint density at radius 3 is 3.00 bits per heavy atom. The molecule has 0 fully saturated rings. The number of aromatic nitrogens is 4. The first-order valence-electron chi connectivity index (χ1n) is 3.98. The van der Waals surface area contributed by atoms with Crippen LogP contribution < -0.4 is 5.73 Å². The summed E-state index contributed by atoms with van der Waals surface area (Å²) < 4.78 is 0. The third-order valence-electron chi connectivity index (χ3n) is 1.58. The van der Waals surface area contributed by atoms with Gasteiger partial charge in [0.25, 0.3) is 0 Å². The molecule has 0 aromatic carbocycles. The molecule has 2 aromatic rings. The van der Waals surface area contributed by atoms with Crippen LogP contribution >= 0.6 is 11.8 Å². The maximum absolute atomic E-state index is 8.87. The molecule has 3 N–H and O–H groups in total. The molecule has 0 aliphatic heterocycles. The number of nitrogens with one attached hydrogen (secondary N) is 1. The van der Waals surface area contributed by atoms with Gasteiger partial charge in [0, 0.05) is 0 Å². The minimum atomic E-state index is 0.427. The van der Waals surface area contributed by atoms with E-state index in [0.717, 1.165) is 0 Å². The number of pyridine rings is 1. The highest BCUT2D eigenvalue weighted by Gasteiger charge is 2.07. The number of nitriles is 1. The van der Waals surface area contributed by atoms with E-state index in [1.807, 2.05) is 6.07 Å². The van der Waals surface area contributed by atoms with E-state index in [-0.39, 0.29) is 0 Å². The summed E-state index contributed by atoms with van der Waals surface area (Å²) in [6.07, 6.45) is 2.89. The molecular formula is C8H6N6S. The van der Waals surface area contributed by atoms with Gasteiger partial charge in [0.05, 0.1) is 17.4 Å². The van der Waals surface area contributed by atoms with Crippen LogP contribution in [0.3, 0.4) is 0 Å². The Kier molecular flexibility index (Phi) is 2.51. The number of aromatic amines is 1.